The molecular formula is C12H11NO2. The van der Waals surface area contributed by atoms with Crippen molar-refractivity contribution in [1.82, 2.24) is 4.98 Å². The fourth-order valence-corrected chi connectivity index (χ4v) is 1.45. The smallest absolute Gasteiger partial charge is 0.153 e. The van der Waals surface area contributed by atoms with Crippen LogP contribution in [0.15, 0.2) is 28.9 Å². The van der Waals surface area contributed by atoms with Crippen LogP contribution in [0.5, 0.6) is 0 Å². The first-order valence-electron chi connectivity index (χ1n) is 4.68. The van der Waals surface area contributed by atoms with Crippen LogP contribution < -0.4 is 0 Å². The predicted octanol–water partition coefficient (Wildman–Crippen LogP) is 2.77. The van der Waals surface area contributed by atoms with Crippen LogP contribution in [0.4, 0.5) is 0 Å². The first kappa shape index (κ1) is 9.65. The number of carbonyl (C=O) groups is 1. The summed E-state index contributed by atoms with van der Waals surface area (Å²) in [5, 5.41) is 0. The molecule has 0 spiro atoms. The minimum Gasteiger partial charge on any atom is -0.461 e. The third kappa shape index (κ3) is 1.81. The molecule has 0 saturated carbocycles. The summed E-state index contributed by atoms with van der Waals surface area (Å²) >= 11 is 0. The second kappa shape index (κ2) is 3.69. The van der Waals surface area contributed by atoms with Crippen molar-refractivity contribution >= 4 is 6.29 Å². The molecule has 0 bridgehead atoms. The first-order chi connectivity index (χ1) is 7.20. The summed E-state index contributed by atoms with van der Waals surface area (Å²) in [6.07, 6.45) is 4.30. The number of pyridine rings is 1. The number of furan rings is 1. The lowest BCUT2D eigenvalue weighted by atomic mass is 10.1. The Morgan fingerprint density at radius 1 is 1.27 bits per heavy atom. The second-order valence-electron chi connectivity index (χ2n) is 3.49. The van der Waals surface area contributed by atoms with Crippen LogP contribution in [-0.4, -0.2) is 11.3 Å². The van der Waals surface area contributed by atoms with E-state index in [2.05, 4.69) is 4.98 Å². The molecule has 2 heterocycles. The van der Waals surface area contributed by atoms with Gasteiger partial charge in [-0.3, -0.25) is 9.78 Å². The number of hydrogen-bond donors (Lipinski definition) is 0. The van der Waals surface area contributed by atoms with Gasteiger partial charge in [0.05, 0.1) is 5.56 Å². The van der Waals surface area contributed by atoms with E-state index in [-0.39, 0.29) is 0 Å². The van der Waals surface area contributed by atoms with Crippen LogP contribution in [0, 0.1) is 13.8 Å². The van der Waals surface area contributed by atoms with Crippen LogP contribution >= 0.6 is 0 Å². The highest BCUT2D eigenvalue weighted by molar-refractivity contribution is 5.79. The lowest BCUT2D eigenvalue weighted by Gasteiger charge is -1.96. The quantitative estimate of drug-likeness (QED) is 0.701. The third-order valence-corrected chi connectivity index (χ3v) is 2.24. The van der Waals surface area contributed by atoms with E-state index in [9.17, 15) is 4.79 Å². The summed E-state index contributed by atoms with van der Waals surface area (Å²) in [4.78, 5) is 14.7. The van der Waals surface area contributed by atoms with Crippen LogP contribution in [-0.2, 0) is 0 Å². The molecular weight excluding hydrogens is 190 g/mol. The molecule has 2 aromatic rings. The predicted molar refractivity (Wildman–Crippen MR) is 56.8 cm³/mol. The van der Waals surface area contributed by atoms with Gasteiger partial charge in [-0.25, -0.2) is 0 Å². The van der Waals surface area contributed by atoms with E-state index in [1.807, 2.05) is 13.0 Å². The maximum atomic E-state index is 10.7. The molecule has 2 rings (SSSR count). The minimum absolute atomic E-state index is 0.589. The maximum absolute atomic E-state index is 10.7. The molecule has 15 heavy (non-hydrogen) atoms. The molecule has 76 valence electrons. The van der Waals surface area contributed by atoms with E-state index in [4.69, 9.17) is 4.42 Å². The number of aryl methyl sites for hydroxylation is 2. The zero-order valence-electron chi connectivity index (χ0n) is 8.65. The summed E-state index contributed by atoms with van der Waals surface area (Å²) in [5.41, 5.74) is 2.55. The average Bonchev–Trinajstić information content (AvgIpc) is 2.60. The largest absolute Gasteiger partial charge is 0.461 e. The van der Waals surface area contributed by atoms with Crippen molar-refractivity contribution in [2.45, 2.75) is 13.8 Å². The highest BCUT2D eigenvalue weighted by Gasteiger charge is 2.08. The van der Waals surface area contributed by atoms with Gasteiger partial charge < -0.3 is 4.42 Å². The van der Waals surface area contributed by atoms with Gasteiger partial charge in [-0.05, 0) is 31.5 Å². The fraction of sp³-hybridized carbons (Fsp3) is 0.167. The molecule has 0 aromatic carbocycles. The molecule has 0 atom stereocenters. The standard InChI is InChI=1S/C12H11NO2/c1-8-3-10(6-13-5-8)12-4-11(7-14)9(2)15-12/h3-7H,1-2H3. The normalized spacial score (nSPS) is 10.3. The van der Waals surface area contributed by atoms with E-state index in [1.165, 1.54) is 0 Å². The van der Waals surface area contributed by atoms with Crippen molar-refractivity contribution in [1.29, 1.82) is 0 Å². The lowest BCUT2D eigenvalue weighted by molar-refractivity contribution is 0.112. The number of aldehydes is 1. The van der Waals surface area contributed by atoms with Crippen molar-refractivity contribution < 1.29 is 9.21 Å². The van der Waals surface area contributed by atoms with Crippen molar-refractivity contribution in [2.75, 3.05) is 0 Å². The Bertz CT molecular complexity index is 500. The van der Waals surface area contributed by atoms with Gasteiger partial charge in [0.1, 0.15) is 11.5 Å². The van der Waals surface area contributed by atoms with E-state index >= 15 is 0 Å². The van der Waals surface area contributed by atoms with Crippen LogP contribution in [0.25, 0.3) is 11.3 Å². The van der Waals surface area contributed by atoms with Crippen molar-refractivity contribution in [3.63, 3.8) is 0 Å². The summed E-state index contributed by atoms with van der Waals surface area (Å²) < 4.78 is 5.48. The van der Waals surface area contributed by atoms with E-state index < -0.39 is 0 Å². The molecule has 3 nitrogen and oxygen atoms in total. The zero-order valence-corrected chi connectivity index (χ0v) is 8.65. The second-order valence-corrected chi connectivity index (χ2v) is 3.49. The number of carbonyl (C=O) groups excluding carboxylic acids is 1. The van der Waals surface area contributed by atoms with Gasteiger partial charge >= 0.3 is 0 Å². The Hall–Kier alpha value is -1.90. The SMILES string of the molecule is Cc1cncc(-c2cc(C=O)c(C)o2)c1. The Morgan fingerprint density at radius 2 is 2.07 bits per heavy atom. The number of hydrogen-bond acceptors (Lipinski definition) is 3. The van der Waals surface area contributed by atoms with E-state index in [0.717, 1.165) is 17.4 Å². The highest BCUT2D eigenvalue weighted by Crippen LogP contribution is 2.24. The first-order valence-corrected chi connectivity index (χ1v) is 4.68. The van der Waals surface area contributed by atoms with E-state index in [1.54, 1.807) is 25.4 Å². The Kier molecular flexibility index (Phi) is 2.37. The van der Waals surface area contributed by atoms with Gasteiger partial charge in [-0.15, -0.1) is 0 Å². The Labute approximate surface area is 87.8 Å². The third-order valence-electron chi connectivity index (χ3n) is 2.24. The fourth-order valence-electron chi connectivity index (χ4n) is 1.45. The van der Waals surface area contributed by atoms with Gasteiger partial charge in [0, 0.05) is 18.0 Å². The molecule has 0 N–H and O–H groups in total. The summed E-state index contributed by atoms with van der Waals surface area (Å²) in [7, 11) is 0. The van der Waals surface area contributed by atoms with Gasteiger partial charge in [-0.1, -0.05) is 0 Å². The Morgan fingerprint density at radius 3 is 2.67 bits per heavy atom. The number of nitrogens with zero attached hydrogens (tertiary/aromatic N) is 1. The van der Waals surface area contributed by atoms with Crippen LogP contribution in [0.3, 0.4) is 0 Å². The molecule has 0 aliphatic heterocycles. The minimum atomic E-state index is 0.589. The Balaban J connectivity index is 2.49. The zero-order chi connectivity index (χ0) is 10.8. The lowest BCUT2D eigenvalue weighted by Crippen LogP contribution is -1.79. The molecule has 3 heteroatoms. The van der Waals surface area contributed by atoms with Crippen molar-refractivity contribution in [3.8, 4) is 11.3 Å². The van der Waals surface area contributed by atoms with E-state index in [0.29, 0.717) is 17.1 Å². The maximum Gasteiger partial charge on any atom is 0.153 e. The topological polar surface area (TPSA) is 43.1 Å². The molecule has 0 saturated heterocycles. The molecule has 0 radical (unpaired) electrons. The molecule has 0 amide bonds. The molecule has 2 aromatic heterocycles. The molecule has 0 aliphatic carbocycles. The molecule has 0 aliphatic rings. The van der Waals surface area contributed by atoms with Gasteiger partial charge in [0.15, 0.2) is 6.29 Å². The highest BCUT2D eigenvalue weighted by atomic mass is 16.3. The molecule has 0 unspecified atom stereocenters. The molecule has 0 fully saturated rings. The number of rotatable bonds is 2. The van der Waals surface area contributed by atoms with Crippen molar-refractivity contribution in [3.05, 3.63) is 41.4 Å². The number of aromatic nitrogens is 1. The monoisotopic (exact) mass is 201 g/mol. The summed E-state index contributed by atoms with van der Waals surface area (Å²) in [6, 6.07) is 3.71. The average molecular weight is 201 g/mol. The van der Waals surface area contributed by atoms with Crippen LogP contribution in [0.2, 0.25) is 0 Å². The summed E-state index contributed by atoms with van der Waals surface area (Å²) in [6.45, 7) is 3.74. The van der Waals surface area contributed by atoms with Gasteiger partial charge in [0.2, 0.25) is 0 Å². The van der Waals surface area contributed by atoms with Gasteiger partial charge in [-0.2, -0.15) is 0 Å². The van der Waals surface area contributed by atoms with Crippen LogP contribution in [0.1, 0.15) is 21.7 Å². The van der Waals surface area contributed by atoms with Gasteiger partial charge in [0.25, 0.3) is 0 Å². The van der Waals surface area contributed by atoms with Crippen molar-refractivity contribution in [2.24, 2.45) is 0 Å². The summed E-state index contributed by atoms with van der Waals surface area (Å²) in [5.74, 6) is 1.33.